The van der Waals surface area contributed by atoms with Crippen LogP contribution in [0.2, 0.25) is 0 Å². The molecule has 0 aliphatic heterocycles. The number of ketones is 2. The highest BCUT2D eigenvalue weighted by atomic mass is 16.5. The largest absolute Gasteiger partial charge is 0.465 e. The number of allylic oxidation sites excluding steroid dienone is 3. The fourth-order valence-corrected chi connectivity index (χ4v) is 9.02. The summed E-state index contributed by atoms with van der Waals surface area (Å²) in [4.78, 5) is 39.3. The van der Waals surface area contributed by atoms with Gasteiger partial charge in [-0.3, -0.25) is 14.4 Å². The maximum absolute atomic E-state index is 14.2. The smallest absolute Gasteiger partial charge is 0.302 e. The Bertz CT molecular complexity index is 1240. The molecule has 4 aliphatic rings. The van der Waals surface area contributed by atoms with Gasteiger partial charge in [0.15, 0.2) is 11.6 Å². The second kappa shape index (κ2) is 9.38. The topological polar surface area (TPSA) is 104 Å². The number of nitrogens with zero attached hydrogens (tertiary/aromatic N) is 1. The van der Waals surface area contributed by atoms with Crippen molar-refractivity contribution in [2.24, 2.45) is 38.4 Å². The molecule has 0 amide bonds. The molecule has 220 valence electrons. The van der Waals surface area contributed by atoms with Crippen molar-refractivity contribution < 1.29 is 24.2 Å². The van der Waals surface area contributed by atoms with Crippen LogP contribution in [0.4, 0.5) is 0 Å². The van der Waals surface area contributed by atoms with Crippen LogP contribution in [0.15, 0.2) is 23.3 Å². The third-order valence-corrected chi connectivity index (χ3v) is 12.3. The number of aliphatic hydroxyl groups is 1. The van der Waals surface area contributed by atoms with Crippen LogP contribution in [-0.4, -0.2) is 34.9 Å². The molecule has 2 saturated carbocycles. The van der Waals surface area contributed by atoms with Crippen LogP contribution in [-0.2, 0) is 19.1 Å². The van der Waals surface area contributed by atoms with Crippen LogP contribution >= 0.6 is 0 Å². The number of Topliss-reactive ketones (excluding diaryl/α,β-unsaturated/α-hetero) is 1. The highest BCUT2D eigenvalue weighted by Gasteiger charge is 2.69. The van der Waals surface area contributed by atoms with E-state index in [9.17, 15) is 24.8 Å². The van der Waals surface area contributed by atoms with Crippen LogP contribution in [0.5, 0.6) is 0 Å². The molecule has 6 nitrogen and oxygen atoms in total. The van der Waals surface area contributed by atoms with Gasteiger partial charge in [-0.25, -0.2) is 0 Å². The van der Waals surface area contributed by atoms with E-state index in [1.807, 2.05) is 19.9 Å². The minimum absolute atomic E-state index is 0.0563. The lowest BCUT2D eigenvalue weighted by atomic mass is 9.37. The normalized spacial score (nSPS) is 42.7. The SMILES string of the molecule is CC(=O)OC[C@@]1(C)CCC(C)(C)CC[C@@]2(O)C(=O)C=C3[C@@]4(C)C=C(C#N)C(=O)C(C)(C)[C@@H]4CC[C@@]3(C)[C@]2(C)CC1. The Balaban J connectivity index is 1.91. The molecule has 1 N–H and O–H groups in total. The Hall–Kier alpha value is -2.26. The van der Waals surface area contributed by atoms with Crippen molar-refractivity contribution in [3.63, 3.8) is 0 Å². The molecule has 2 fully saturated rings. The number of hydrogen-bond donors (Lipinski definition) is 1. The van der Waals surface area contributed by atoms with E-state index in [-0.39, 0.29) is 39.9 Å². The molecule has 0 radical (unpaired) electrons. The lowest BCUT2D eigenvalue weighted by Gasteiger charge is -2.66. The van der Waals surface area contributed by atoms with E-state index >= 15 is 0 Å². The minimum atomic E-state index is -1.55. The van der Waals surface area contributed by atoms with E-state index in [1.165, 1.54) is 6.92 Å². The molecule has 0 aromatic heterocycles. The first kappa shape index (κ1) is 30.7. The second-order valence-corrected chi connectivity index (χ2v) is 15.8. The average molecular weight is 552 g/mol. The third-order valence-electron chi connectivity index (χ3n) is 12.3. The molecule has 6 atom stereocenters. The van der Waals surface area contributed by atoms with Gasteiger partial charge in [-0.15, -0.1) is 0 Å². The highest BCUT2D eigenvalue weighted by Crippen LogP contribution is 2.71. The molecule has 4 rings (SSSR count). The number of carbonyl (C=O) groups excluding carboxylic acids is 3. The van der Waals surface area contributed by atoms with E-state index in [4.69, 9.17) is 4.74 Å². The highest BCUT2D eigenvalue weighted by molar-refractivity contribution is 6.05. The average Bonchev–Trinajstić information content (AvgIpc) is 2.86. The van der Waals surface area contributed by atoms with Gasteiger partial charge in [0.05, 0.1) is 12.2 Å². The summed E-state index contributed by atoms with van der Waals surface area (Å²) < 4.78 is 5.56. The number of nitriles is 1. The summed E-state index contributed by atoms with van der Waals surface area (Å²) in [5, 5.41) is 22.5. The molecule has 0 aromatic carbocycles. The maximum atomic E-state index is 14.2. The molecular weight excluding hydrogens is 502 g/mol. The predicted molar refractivity (Wildman–Crippen MR) is 154 cm³/mol. The van der Waals surface area contributed by atoms with Gasteiger partial charge in [0.1, 0.15) is 11.7 Å². The minimum Gasteiger partial charge on any atom is -0.465 e. The third kappa shape index (κ3) is 4.34. The maximum Gasteiger partial charge on any atom is 0.302 e. The Labute approximate surface area is 240 Å². The molecule has 0 aromatic rings. The monoisotopic (exact) mass is 551 g/mol. The molecule has 0 saturated heterocycles. The number of ether oxygens (including phenoxy) is 1. The van der Waals surface area contributed by atoms with Crippen LogP contribution in [0.1, 0.15) is 114 Å². The van der Waals surface area contributed by atoms with Gasteiger partial charge in [-0.2, -0.15) is 5.26 Å². The van der Waals surface area contributed by atoms with Gasteiger partial charge in [-0.05, 0) is 79.8 Å². The summed E-state index contributed by atoms with van der Waals surface area (Å²) in [6, 6.07) is 2.15. The fourth-order valence-electron chi connectivity index (χ4n) is 9.02. The zero-order chi connectivity index (χ0) is 30.2. The molecular formula is C34H49NO5. The summed E-state index contributed by atoms with van der Waals surface area (Å²) in [5.74, 6) is -0.747. The van der Waals surface area contributed by atoms with Crippen LogP contribution in [0, 0.1) is 49.7 Å². The second-order valence-electron chi connectivity index (χ2n) is 15.8. The van der Waals surface area contributed by atoms with Gasteiger partial charge >= 0.3 is 5.97 Å². The first-order chi connectivity index (χ1) is 18.2. The quantitative estimate of drug-likeness (QED) is 0.385. The Morgan fingerprint density at radius 1 is 0.975 bits per heavy atom. The number of fused-ring (bicyclic) bond motifs is 5. The number of hydrogen-bond acceptors (Lipinski definition) is 6. The predicted octanol–water partition coefficient (Wildman–Crippen LogP) is 6.66. The van der Waals surface area contributed by atoms with Gasteiger partial charge in [-0.1, -0.05) is 61.5 Å². The van der Waals surface area contributed by atoms with E-state index < -0.39 is 27.3 Å². The summed E-state index contributed by atoms with van der Waals surface area (Å²) in [7, 11) is 0. The van der Waals surface area contributed by atoms with Crippen molar-refractivity contribution in [2.75, 3.05) is 6.61 Å². The molecule has 4 aliphatic carbocycles. The fraction of sp³-hybridized carbons (Fsp3) is 0.765. The van der Waals surface area contributed by atoms with Crippen molar-refractivity contribution in [1.29, 1.82) is 5.26 Å². The summed E-state index contributed by atoms with van der Waals surface area (Å²) in [6.45, 7) is 18.5. The van der Waals surface area contributed by atoms with Gasteiger partial charge < -0.3 is 9.84 Å². The Morgan fingerprint density at radius 3 is 2.17 bits per heavy atom. The van der Waals surface area contributed by atoms with E-state index in [0.29, 0.717) is 32.3 Å². The van der Waals surface area contributed by atoms with E-state index in [0.717, 1.165) is 31.3 Å². The lowest BCUT2D eigenvalue weighted by Crippen LogP contribution is -2.67. The Morgan fingerprint density at radius 2 is 1.57 bits per heavy atom. The van der Waals surface area contributed by atoms with Crippen molar-refractivity contribution in [1.82, 2.24) is 0 Å². The van der Waals surface area contributed by atoms with Crippen LogP contribution < -0.4 is 0 Å². The van der Waals surface area contributed by atoms with Crippen molar-refractivity contribution in [3.05, 3.63) is 23.3 Å². The number of carbonyl (C=O) groups is 3. The molecule has 0 heterocycles. The Kier molecular flexibility index (Phi) is 7.20. The standard InChI is InChI=1S/C34H49NO5/c1-22(36)40-21-30(6)14-12-28(2,3)13-17-34(39)26(37)18-25-31(7)19-23(20-35)27(38)29(4,5)24(31)10-11-32(25,8)33(34,9)16-15-30/h18-19,24,39H,10-17,21H2,1-9H3/t24-,30-,31-,32+,33-,34+/m0/s1. The molecule has 0 unspecified atom stereocenters. The van der Waals surface area contributed by atoms with Crippen LogP contribution in [0.3, 0.4) is 0 Å². The van der Waals surface area contributed by atoms with Crippen LogP contribution in [0.25, 0.3) is 0 Å². The summed E-state index contributed by atoms with van der Waals surface area (Å²) in [6.07, 6.45) is 9.20. The van der Waals surface area contributed by atoms with Crippen molar-refractivity contribution in [3.8, 4) is 6.07 Å². The molecule has 0 spiro atoms. The zero-order valence-electron chi connectivity index (χ0n) is 26.1. The number of esters is 1. The lowest BCUT2D eigenvalue weighted by molar-refractivity contribution is -0.185. The van der Waals surface area contributed by atoms with Gasteiger partial charge in [0.2, 0.25) is 0 Å². The van der Waals surface area contributed by atoms with Crippen molar-refractivity contribution >= 4 is 17.5 Å². The first-order valence-electron chi connectivity index (χ1n) is 15.0. The van der Waals surface area contributed by atoms with E-state index in [2.05, 4.69) is 47.6 Å². The van der Waals surface area contributed by atoms with Crippen molar-refractivity contribution in [2.45, 2.75) is 119 Å². The molecule has 0 bridgehead atoms. The van der Waals surface area contributed by atoms with Gasteiger partial charge in [0, 0.05) is 28.6 Å². The zero-order valence-corrected chi connectivity index (χ0v) is 26.1. The summed E-state index contributed by atoms with van der Waals surface area (Å²) >= 11 is 0. The first-order valence-corrected chi connectivity index (χ1v) is 15.0. The van der Waals surface area contributed by atoms with E-state index in [1.54, 1.807) is 6.08 Å². The van der Waals surface area contributed by atoms with Gasteiger partial charge in [0.25, 0.3) is 0 Å². The molecule has 6 heteroatoms. The number of rotatable bonds is 2. The molecule has 40 heavy (non-hydrogen) atoms. The summed E-state index contributed by atoms with van der Waals surface area (Å²) in [5.41, 5.74) is -3.58.